The molecular weight excluding hydrogens is 467 g/mol. The number of alkyl halides is 4. The Hall–Kier alpha value is -2.19. The van der Waals surface area contributed by atoms with Crippen LogP contribution in [0.3, 0.4) is 0 Å². The van der Waals surface area contributed by atoms with Crippen LogP contribution in [0.1, 0.15) is 56.9 Å². The SMILES string of the molecule is CCCC1COC(C2CCC(c3ccc(-c4ccc(OC(F)(F)C(F)F)c(F)c4)cc3)CC2)OC1. The number of hydrogen-bond donors (Lipinski definition) is 0. The van der Waals surface area contributed by atoms with E-state index in [0.29, 0.717) is 28.9 Å². The highest BCUT2D eigenvalue weighted by molar-refractivity contribution is 5.64. The van der Waals surface area contributed by atoms with Crippen molar-refractivity contribution in [2.45, 2.75) is 70.2 Å². The third-order valence-corrected chi connectivity index (χ3v) is 6.99. The zero-order valence-electron chi connectivity index (χ0n) is 19.7. The van der Waals surface area contributed by atoms with Crippen LogP contribution >= 0.6 is 0 Å². The maximum Gasteiger partial charge on any atom is 0.461 e. The summed E-state index contributed by atoms with van der Waals surface area (Å²) in [6.45, 7) is 3.73. The van der Waals surface area contributed by atoms with E-state index in [1.165, 1.54) is 11.6 Å². The normalized spacial score (nSPS) is 25.6. The molecular formula is C27H31F5O3. The Morgan fingerprint density at radius 3 is 2.14 bits per heavy atom. The molecule has 2 aromatic carbocycles. The number of rotatable bonds is 8. The summed E-state index contributed by atoms with van der Waals surface area (Å²) in [5.74, 6) is -0.713. The molecule has 8 heteroatoms. The molecule has 192 valence electrons. The van der Waals surface area contributed by atoms with Crippen LogP contribution in [0.5, 0.6) is 5.75 Å². The zero-order chi connectivity index (χ0) is 25.0. The highest BCUT2D eigenvalue weighted by Crippen LogP contribution is 2.40. The van der Waals surface area contributed by atoms with Gasteiger partial charge in [-0.15, -0.1) is 0 Å². The minimum absolute atomic E-state index is 0.103. The summed E-state index contributed by atoms with van der Waals surface area (Å²) < 4.78 is 80.9. The van der Waals surface area contributed by atoms with Gasteiger partial charge in [-0.25, -0.2) is 4.39 Å². The second kappa shape index (κ2) is 11.2. The fraction of sp³-hybridized carbons (Fsp3) is 0.556. The number of halogens is 5. The second-order valence-electron chi connectivity index (χ2n) is 9.53. The van der Waals surface area contributed by atoms with Crippen LogP contribution in [0.4, 0.5) is 22.0 Å². The van der Waals surface area contributed by atoms with Gasteiger partial charge in [0, 0.05) is 11.8 Å². The summed E-state index contributed by atoms with van der Waals surface area (Å²) in [6.07, 6.45) is -2.50. The standard InChI is InChI=1S/C27H31F5O3/c1-2-3-17-15-33-25(34-16-17)21-10-8-19(9-11-21)18-4-6-20(7-5-18)22-12-13-24(23(28)14-22)35-27(31,32)26(29)30/h4-7,12-14,17,19,21,25-26H,2-3,8-11,15-16H2,1H3. The second-order valence-corrected chi connectivity index (χ2v) is 9.53. The Labute approximate surface area is 202 Å². The van der Waals surface area contributed by atoms with Crippen LogP contribution in [0.25, 0.3) is 11.1 Å². The Kier molecular flexibility index (Phi) is 8.32. The molecule has 2 fully saturated rings. The molecule has 0 atom stereocenters. The Morgan fingerprint density at radius 2 is 1.57 bits per heavy atom. The molecule has 1 saturated carbocycles. The lowest BCUT2D eigenvalue weighted by Gasteiger charge is -2.37. The minimum Gasteiger partial charge on any atom is -0.425 e. The molecule has 0 aromatic heterocycles. The van der Waals surface area contributed by atoms with E-state index in [0.717, 1.165) is 63.9 Å². The van der Waals surface area contributed by atoms with Gasteiger partial charge in [0.15, 0.2) is 17.9 Å². The van der Waals surface area contributed by atoms with E-state index in [1.54, 1.807) is 0 Å². The van der Waals surface area contributed by atoms with Crippen LogP contribution in [-0.2, 0) is 9.47 Å². The fourth-order valence-corrected chi connectivity index (χ4v) is 5.03. The predicted octanol–water partition coefficient (Wildman–Crippen LogP) is 7.79. The Morgan fingerprint density at radius 1 is 0.943 bits per heavy atom. The molecule has 0 unspecified atom stereocenters. The lowest BCUT2D eigenvalue weighted by Crippen LogP contribution is -2.38. The average molecular weight is 499 g/mol. The largest absolute Gasteiger partial charge is 0.461 e. The quantitative estimate of drug-likeness (QED) is 0.348. The van der Waals surface area contributed by atoms with E-state index in [1.807, 2.05) is 24.3 Å². The van der Waals surface area contributed by atoms with E-state index in [4.69, 9.17) is 9.47 Å². The van der Waals surface area contributed by atoms with Crippen molar-refractivity contribution >= 4 is 0 Å². The van der Waals surface area contributed by atoms with Gasteiger partial charge in [0.25, 0.3) is 0 Å². The lowest BCUT2D eigenvalue weighted by atomic mass is 9.78. The van der Waals surface area contributed by atoms with Crippen LogP contribution in [-0.4, -0.2) is 32.0 Å². The molecule has 1 aliphatic carbocycles. The van der Waals surface area contributed by atoms with Crippen LogP contribution < -0.4 is 4.74 Å². The van der Waals surface area contributed by atoms with Crippen molar-refractivity contribution in [3.63, 3.8) is 0 Å². The van der Waals surface area contributed by atoms with Crippen molar-refractivity contribution in [2.24, 2.45) is 11.8 Å². The third-order valence-electron chi connectivity index (χ3n) is 6.99. The summed E-state index contributed by atoms with van der Waals surface area (Å²) in [4.78, 5) is 0. The third kappa shape index (κ3) is 6.33. The molecule has 1 heterocycles. The lowest BCUT2D eigenvalue weighted by molar-refractivity contribution is -0.254. The Balaban J connectivity index is 1.32. The molecule has 1 aliphatic heterocycles. The molecule has 4 rings (SSSR count). The summed E-state index contributed by atoms with van der Waals surface area (Å²) in [5.41, 5.74) is 2.33. The monoisotopic (exact) mass is 498 g/mol. The molecule has 1 saturated heterocycles. The number of hydrogen-bond acceptors (Lipinski definition) is 3. The van der Waals surface area contributed by atoms with Gasteiger partial charge in [-0.3, -0.25) is 0 Å². The minimum atomic E-state index is -4.75. The van der Waals surface area contributed by atoms with Crippen molar-refractivity contribution in [1.82, 2.24) is 0 Å². The van der Waals surface area contributed by atoms with Crippen molar-refractivity contribution in [3.05, 3.63) is 53.8 Å². The average Bonchev–Trinajstić information content (AvgIpc) is 2.86. The smallest absolute Gasteiger partial charge is 0.425 e. The molecule has 0 radical (unpaired) electrons. The molecule has 0 N–H and O–H groups in total. The van der Waals surface area contributed by atoms with Gasteiger partial charge in [0.1, 0.15) is 0 Å². The number of benzene rings is 2. The molecule has 2 aliphatic rings. The van der Waals surface area contributed by atoms with E-state index in [9.17, 15) is 22.0 Å². The van der Waals surface area contributed by atoms with Crippen LogP contribution in [0.2, 0.25) is 0 Å². The first-order valence-corrected chi connectivity index (χ1v) is 12.2. The fourth-order valence-electron chi connectivity index (χ4n) is 5.03. The summed E-state index contributed by atoms with van der Waals surface area (Å²) in [7, 11) is 0. The van der Waals surface area contributed by atoms with Gasteiger partial charge in [0.05, 0.1) is 13.2 Å². The van der Waals surface area contributed by atoms with Gasteiger partial charge in [0.2, 0.25) is 0 Å². The maximum atomic E-state index is 14.2. The van der Waals surface area contributed by atoms with Crippen molar-refractivity contribution < 1.29 is 36.2 Å². The first kappa shape index (κ1) is 25.9. The first-order chi connectivity index (χ1) is 16.8. The van der Waals surface area contributed by atoms with Gasteiger partial charge in [-0.05, 0) is 66.8 Å². The summed E-state index contributed by atoms with van der Waals surface area (Å²) in [6, 6.07) is 11.0. The van der Waals surface area contributed by atoms with E-state index >= 15 is 0 Å². The van der Waals surface area contributed by atoms with Gasteiger partial charge in [-0.2, -0.15) is 17.6 Å². The van der Waals surface area contributed by atoms with E-state index in [-0.39, 0.29) is 6.29 Å². The molecule has 35 heavy (non-hydrogen) atoms. The predicted molar refractivity (Wildman–Crippen MR) is 122 cm³/mol. The van der Waals surface area contributed by atoms with Crippen molar-refractivity contribution in [3.8, 4) is 16.9 Å². The zero-order valence-corrected chi connectivity index (χ0v) is 19.7. The van der Waals surface area contributed by atoms with Gasteiger partial charge >= 0.3 is 12.5 Å². The topological polar surface area (TPSA) is 27.7 Å². The van der Waals surface area contributed by atoms with E-state index < -0.39 is 24.1 Å². The molecule has 0 spiro atoms. The molecule has 2 aromatic rings. The number of ether oxygens (including phenoxy) is 3. The molecule has 3 nitrogen and oxygen atoms in total. The highest BCUT2D eigenvalue weighted by Gasteiger charge is 2.44. The van der Waals surface area contributed by atoms with Crippen molar-refractivity contribution in [2.75, 3.05) is 13.2 Å². The van der Waals surface area contributed by atoms with E-state index in [2.05, 4.69) is 11.7 Å². The summed E-state index contributed by atoms with van der Waals surface area (Å²) >= 11 is 0. The summed E-state index contributed by atoms with van der Waals surface area (Å²) in [5, 5.41) is 0. The van der Waals surface area contributed by atoms with Crippen LogP contribution in [0.15, 0.2) is 42.5 Å². The first-order valence-electron chi connectivity index (χ1n) is 12.2. The Bertz CT molecular complexity index is 950. The van der Waals surface area contributed by atoms with Crippen molar-refractivity contribution in [1.29, 1.82) is 0 Å². The highest BCUT2D eigenvalue weighted by atomic mass is 19.3. The maximum absolute atomic E-state index is 14.2. The van der Waals surface area contributed by atoms with Gasteiger partial charge < -0.3 is 14.2 Å². The molecule has 0 amide bonds. The van der Waals surface area contributed by atoms with Gasteiger partial charge in [-0.1, -0.05) is 43.7 Å². The van der Waals surface area contributed by atoms with Crippen LogP contribution in [0, 0.1) is 17.7 Å². The molecule has 0 bridgehead atoms.